The number of hydrogen-bond donors (Lipinski definition) is 0. The number of ether oxygens (including phenoxy) is 1. The topological polar surface area (TPSA) is 26.3 Å². The molecule has 1 saturated heterocycles. The Bertz CT molecular complexity index is 97.8. The summed E-state index contributed by atoms with van der Waals surface area (Å²) in [5.41, 5.74) is 0. The first-order valence-electron chi connectivity index (χ1n) is 3.89. The second-order valence-corrected chi connectivity index (χ2v) is 2.57. The van der Waals surface area contributed by atoms with Gasteiger partial charge in [-0.05, 0) is 12.8 Å². The van der Waals surface area contributed by atoms with Gasteiger partial charge in [-0.1, -0.05) is 19.3 Å². The Morgan fingerprint density at radius 2 is 2.00 bits per heavy atom. The average molecular weight is 141 g/mol. The summed E-state index contributed by atoms with van der Waals surface area (Å²) in [5, 5.41) is 0. The van der Waals surface area contributed by atoms with Gasteiger partial charge in [-0.2, -0.15) is 0 Å². The maximum absolute atomic E-state index is 10.7. The molecule has 2 nitrogen and oxygen atoms in total. The Kier molecular flexibility index (Phi) is 3.27. The maximum atomic E-state index is 10.7. The number of rotatable bonds is 0. The highest BCUT2D eigenvalue weighted by atomic mass is 16.5. The summed E-state index contributed by atoms with van der Waals surface area (Å²) in [7, 11) is 0. The van der Waals surface area contributed by atoms with Crippen molar-refractivity contribution in [3.05, 3.63) is 6.42 Å². The highest BCUT2D eigenvalue weighted by molar-refractivity contribution is 5.78. The Hall–Kier alpha value is -0.530. The van der Waals surface area contributed by atoms with Crippen LogP contribution in [0.2, 0.25) is 0 Å². The third kappa shape index (κ3) is 2.85. The van der Waals surface area contributed by atoms with E-state index in [-0.39, 0.29) is 5.97 Å². The Labute approximate surface area is 61.6 Å². The van der Waals surface area contributed by atoms with E-state index in [9.17, 15) is 4.79 Å². The van der Waals surface area contributed by atoms with Crippen LogP contribution in [0.3, 0.4) is 0 Å². The van der Waals surface area contributed by atoms with E-state index >= 15 is 0 Å². The quantitative estimate of drug-likeness (QED) is 0.480. The molecule has 0 unspecified atom stereocenters. The molecule has 0 amide bonds. The molecule has 57 valence electrons. The summed E-state index contributed by atoms with van der Waals surface area (Å²) >= 11 is 0. The molecule has 0 aromatic heterocycles. The minimum absolute atomic E-state index is 0.137. The van der Waals surface area contributed by atoms with Crippen molar-refractivity contribution in [3.8, 4) is 0 Å². The minimum atomic E-state index is -0.137. The van der Waals surface area contributed by atoms with E-state index in [1.165, 1.54) is 12.8 Å². The molecule has 1 radical (unpaired) electrons. The van der Waals surface area contributed by atoms with Gasteiger partial charge in [0.15, 0.2) is 0 Å². The first-order chi connectivity index (χ1) is 4.89. The lowest BCUT2D eigenvalue weighted by Gasteiger charge is -1.98. The van der Waals surface area contributed by atoms with Crippen LogP contribution in [-0.2, 0) is 9.53 Å². The van der Waals surface area contributed by atoms with Crippen LogP contribution >= 0.6 is 0 Å². The van der Waals surface area contributed by atoms with E-state index in [1.54, 1.807) is 6.42 Å². The fourth-order valence-corrected chi connectivity index (χ4v) is 1.05. The average Bonchev–Trinajstić information content (AvgIpc) is 2.02. The van der Waals surface area contributed by atoms with E-state index in [2.05, 4.69) is 0 Å². The van der Waals surface area contributed by atoms with Crippen molar-refractivity contribution in [1.29, 1.82) is 0 Å². The smallest absolute Gasteiger partial charge is 0.309 e. The van der Waals surface area contributed by atoms with Crippen LogP contribution in [0.25, 0.3) is 0 Å². The summed E-state index contributed by atoms with van der Waals surface area (Å²) < 4.78 is 4.87. The van der Waals surface area contributed by atoms with E-state index in [0.29, 0.717) is 6.61 Å². The van der Waals surface area contributed by atoms with Crippen molar-refractivity contribution < 1.29 is 9.53 Å². The Morgan fingerprint density at radius 3 is 2.90 bits per heavy atom. The monoisotopic (exact) mass is 141 g/mol. The predicted octanol–water partition coefficient (Wildman–Crippen LogP) is 1.70. The predicted molar refractivity (Wildman–Crippen MR) is 38.3 cm³/mol. The van der Waals surface area contributed by atoms with Gasteiger partial charge in [0, 0.05) is 0 Å². The fourth-order valence-electron chi connectivity index (χ4n) is 1.05. The van der Waals surface area contributed by atoms with Gasteiger partial charge in [-0.3, -0.25) is 4.79 Å². The van der Waals surface area contributed by atoms with Gasteiger partial charge < -0.3 is 4.74 Å². The molecule has 0 N–H and O–H groups in total. The standard InChI is InChI=1S/C8H13O2/c9-8-6-4-2-1-3-5-7-10-8/h6H,1-5,7H2. The molecule has 10 heavy (non-hydrogen) atoms. The van der Waals surface area contributed by atoms with Crippen molar-refractivity contribution in [2.24, 2.45) is 0 Å². The molecule has 0 bridgehead atoms. The van der Waals surface area contributed by atoms with Gasteiger partial charge >= 0.3 is 5.97 Å². The fraction of sp³-hybridized carbons (Fsp3) is 0.750. The second-order valence-electron chi connectivity index (χ2n) is 2.57. The lowest BCUT2D eigenvalue weighted by atomic mass is 10.1. The molecule has 0 saturated carbocycles. The van der Waals surface area contributed by atoms with Crippen LogP contribution in [0.1, 0.15) is 32.1 Å². The molecule has 0 spiro atoms. The van der Waals surface area contributed by atoms with Crippen LogP contribution in [0.5, 0.6) is 0 Å². The van der Waals surface area contributed by atoms with E-state index in [4.69, 9.17) is 4.74 Å². The zero-order valence-corrected chi connectivity index (χ0v) is 6.14. The first-order valence-corrected chi connectivity index (χ1v) is 3.89. The molecule has 1 aliphatic heterocycles. The van der Waals surface area contributed by atoms with Crippen LogP contribution in [0.15, 0.2) is 0 Å². The number of hydrogen-bond acceptors (Lipinski definition) is 2. The van der Waals surface area contributed by atoms with Gasteiger partial charge in [0.25, 0.3) is 0 Å². The van der Waals surface area contributed by atoms with Crippen LogP contribution in [-0.4, -0.2) is 12.6 Å². The summed E-state index contributed by atoms with van der Waals surface area (Å²) in [4.78, 5) is 10.7. The highest BCUT2D eigenvalue weighted by Gasteiger charge is 2.04. The molecule has 1 fully saturated rings. The van der Waals surface area contributed by atoms with Gasteiger partial charge in [0.05, 0.1) is 13.0 Å². The molecule has 0 atom stereocenters. The van der Waals surface area contributed by atoms with Crippen molar-refractivity contribution >= 4 is 5.97 Å². The van der Waals surface area contributed by atoms with Crippen LogP contribution < -0.4 is 0 Å². The third-order valence-electron chi connectivity index (χ3n) is 1.65. The minimum Gasteiger partial charge on any atom is -0.465 e. The zero-order valence-electron chi connectivity index (χ0n) is 6.14. The van der Waals surface area contributed by atoms with Gasteiger partial charge in [0.2, 0.25) is 0 Å². The number of carbonyl (C=O) groups excluding carboxylic acids is 1. The summed E-state index contributed by atoms with van der Waals surface area (Å²) in [6.45, 7) is 0.606. The highest BCUT2D eigenvalue weighted by Crippen LogP contribution is 2.08. The van der Waals surface area contributed by atoms with Crippen molar-refractivity contribution in [2.75, 3.05) is 6.61 Å². The number of carbonyl (C=O) groups is 1. The Balaban J connectivity index is 2.21. The SMILES string of the molecule is O=C1[CH]CCCCCCO1. The summed E-state index contributed by atoms with van der Waals surface area (Å²) in [6.07, 6.45) is 7.12. The van der Waals surface area contributed by atoms with Crippen LogP contribution in [0, 0.1) is 6.42 Å². The molecule has 1 heterocycles. The van der Waals surface area contributed by atoms with Gasteiger partial charge in [-0.25, -0.2) is 0 Å². The summed E-state index contributed by atoms with van der Waals surface area (Å²) in [5.74, 6) is -0.137. The van der Waals surface area contributed by atoms with Crippen molar-refractivity contribution in [3.63, 3.8) is 0 Å². The molecule has 0 aliphatic carbocycles. The molecule has 1 rings (SSSR count). The van der Waals surface area contributed by atoms with E-state index in [0.717, 1.165) is 19.3 Å². The first kappa shape index (κ1) is 7.58. The zero-order chi connectivity index (χ0) is 7.23. The second kappa shape index (κ2) is 4.31. The maximum Gasteiger partial charge on any atom is 0.309 e. The molecule has 0 aromatic rings. The van der Waals surface area contributed by atoms with Gasteiger partial charge in [0.1, 0.15) is 0 Å². The number of esters is 1. The van der Waals surface area contributed by atoms with Crippen molar-refractivity contribution in [1.82, 2.24) is 0 Å². The van der Waals surface area contributed by atoms with Gasteiger partial charge in [-0.15, -0.1) is 0 Å². The van der Waals surface area contributed by atoms with E-state index in [1.807, 2.05) is 0 Å². The lowest BCUT2D eigenvalue weighted by Crippen LogP contribution is -2.04. The third-order valence-corrected chi connectivity index (χ3v) is 1.65. The molecular formula is C8H13O2. The molecule has 0 aromatic carbocycles. The van der Waals surface area contributed by atoms with Crippen molar-refractivity contribution in [2.45, 2.75) is 32.1 Å². The van der Waals surface area contributed by atoms with E-state index < -0.39 is 0 Å². The molecule has 1 aliphatic rings. The normalized spacial score (nSPS) is 22.2. The molecular weight excluding hydrogens is 128 g/mol. The molecule has 2 heteroatoms. The Morgan fingerprint density at radius 1 is 1.20 bits per heavy atom. The van der Waals surface area contributed by atoms with Crippen LogP contribution in [0.4, 0.5) is 0 Å². The summed E-state index contributed by atoms with van der Waals surface area (Å²) in [6, 6.07) is 0. The largest absolute Gasteiger partial charge is 0.465 e. The number of cyclic esters (lactones) is 1. The lowest BCUT2D eigenvalue weighted by molar-refractivity contribution is -0.139.